The molecule has 0 fully saturated rings. The zero-order valence-electron chi connectivity index (χ0n) is 10.8. The summed E-state index contributed by atoms with van der Waals surface area (Å²) in [4.78, 5) is 11.9. The average Bonchev–Trinajstić information content (AvgIpc) is 2.40. The Bertz CT molecular complexity index is 701. The van der Waals surface area contributed by atoms with Crippen molar-refractivity contribution in [1.82, 2.24) is 0 Å². The molecule has 22 heavy (non-hydrogen) atoms. The Morgan fingerprint density at radius 1 is 1.23 bits per heavy atom. The molecule has 0 saturated heterocycles. The van der Waals surface area contributed by atoms with Gasteiger partial charge in [-0.15, -0.1) is 13.2 Å². The highest BCUT2D eigenvalue weighted by Crippen LogP contribution is 2.29. The van der Waals surface area contributed by atoms with Crippen molar-refractivity contribution >= 4 is 11.6 Å². The third kappa shape index (κ3) is 3.81. The summed E-state index contributed by atoms with van der Waals surface area (Å²) >= 11 is 0. The molecule has 1 amide bonds. The highest BCUT2D eigenvalue weighted by Gasteiger charge is 2.31. The SMILES string of the molecule is O=C(Nc1cccc(OC(F)(F)F)c1)c1c[c]cc(O)c1O. The maximum absolute atomic E-state index is 12.1. The summed E-state index contributed by atoms with van der Waals surface area (Å²) < 4.78 is 40.1. The Morgan fingerprint density at radius 3 is 2.64 bits per heavy atom. The van der Waals surface area contributed by atoms with Crippen molar-refractivity contribution in [2.45, 2.75) is 6.36 Å². The predicted molar refractivity (Wildman–Crippen MR) is 69.7 cm³/mol. The molecule has 0 spiro atoms. The summed E-state index contributed by atoms with van der Waals surface area (Å²) in [5, 5.41) is 21.1. The van der Waals surface area contributed by atoms with Crippen LogP contribution >= 0.6 is 0 Å². The summed E-state index contributed by atoms with van der Waals surface area (Å²) in [5.41, 5.74) is -0.253. The lowest BCUT2D eigenvalue weighted by Gasteiger charge is -2.11. The second kappa shape index (κ2) is 5.84. The lowest BCUT2D eigenvalue weighted by Crippen LogP contribution is -2.17. The lowest BCUT2D eigenvalue weighted by atomic mass is 10.1. The molecule has 115 valence electrons. The van der Waals surface area contributed by atoms with E-state index in [4.69, 9.17) is 0 Å². The van der Waals surface area contributed by atoms with E-state index >= 15 is 0 Å². The molecule has 0 atom stereocenters. The molecule has 8 heteroatoms. The molecule has 0 saturated carbocycles. The van der Waals surface area contributed by atoms with E-state index in [1.165, 1.54) is 12.1 Å². The second-order valence-corrected chi connectivity index (χ2v) is 4.13. The minimum absolute atomic E-state index is 0.0227. The molecule has 2 rings (SSSR count). The Balaban J connectivity index is 2.18. The quantitative estimate of drug-likeness (QED) is 0.761. The molecule has 1 radical (unpaired) electrons. The molecular weight excluding hydrogens is 303 g/mol. The molecule has 3 N–H and O–H groups in total. The van der Waals surface area contributed by atoms with E-state index in [1.54, 1.807) is 0 Å². The standard InChI is InChI=1S/C14H9F3NO4/c15-14(16,17)22-9-4-1-3-8(7-9)18-13(21)10-5-2-6-11(19)12(10)20/h1,3-7,19-20H,(H,18,21). The highest BCUT2D eigenvalue weighted by molar-refractivity contribution is 6.06. The first-order valence-electron chi connectivity index (χ1n) is 5.85. The van der Waals surface area contributed by atoms with Gasteiger partial charge < -0.3 is 20.3 Å². The largest absolute Gasteiger partial charge is 0.573 e. The molecule has 0 unspecified atom stereocenters. The van der Waals surface area contributed by atoms with E-state index in [0.29, 0.717) is 0 Å². The highest BCUT2D eigenvalue weighted by atomic mass is 19.4. The van der Waals surface area contributed by atoms with Gasteiger partial charge in [-0.3, -0.25) is 4.79 Å². The van der Waals surface area contributed by atoms with Gasteiger partial charge in [-0.25, -0.2) is 0 Å². The average molecular weight is 312 g/mol. The van der Waals surface area contributed by atoms with E-state index in [-0.39, 0.29) is 11.3 Å². The van der Waals surface area contributed by atoms with Gasteiger partial charge in [-0.1, -0.05) is 6.07 Å². The van der Waals surface area contributed by atoms with Gasteiger partial charge in [0.2, 0.25) is 0 Å². The van der Waals surface area contributed by atoms with E-state index in [2.05, 4.69) is 16.1 Å². The van der Waals surface area contributed by atoms with Gasteiger partial charge in [0.25, 0.3) is 5.91 Å². The number of amides is 1. The fourth-order valence-electron chi connectivity index (χ4n) is 1.62. The number of nitrogens with one attached hydrogen (secondary N) is 1. The van der Waals surface area contributed by atoms with Crippen LogP contribution in [-0.4, -0.2) is 22.5 Å². The van der Waals surface area contributed by atoms with Crippen molar-refractivity contribution in [3.05, 3.63) is 48.0 Å². The molecule has 0 bridgehead atoms. The van der Waals surface area contributed by atoms with Gasteiger partial charge in [0.15, 0.2) is 11.5 Å². The second-order valence-electron chi connectivity index (χ2n) is 4.13. The fourth-order valence-corrected chi connectivity index (χ4v) is 1.62. The third-order valence-corrected chi connectivity index (χ3v) is 2.52. The monoisotopic (exact) mass is 312 g/mol. The Hall–Kier alpha value is -2.90. The van der Waals surface area contributed by atoms with E-state index in [0.717, 1.165) is 24.3 Å². The number of halogens is 3. The number of phenolic OH excluding ortho intramolecular Hbond substituents is 2. The van der Waals surface area contributed by atoms with Crippen molar-refractivity contribution in [3.8, 4) is 17.2 Å². The predicted octanol–water partition coefficient (Wildman–Crippen LogP) is 3.05. The van der Waals surface area contributed by atoms with Crippen molar-refractivity contribution < 1.29 is 32.9 Å². The van der Waals surface area contributed by atoms with Crippen molar-refractivity contribution in [1.29, 1.82) is 0 Å². The van der Waals surface area contributed by atoms with Crippen LogP contribution in [0.1, 0.15) is 10.4 Å². The number of anilines is 1. The summed E-state index contributed by atoms with van der Waals surface area (Å²) in [5.74, 6) is -2.52. The number of hydrogen-bond donors (Lipinski definition) is 3. The third-order valence-electron chi connectivity index (χ3n) is 2.52. The topological polar surface area (TPSA) is 78.8 Å². The van der Waals surface area contributed by atoms with Crippen LogP contribution in [-0.2, 0) is 0 Å². The van der Waals surface area contributed by atoms with Crippen LogP contribution < -0.4 is 10.1 Å². The van der Waals surface area contributed by atoms with Gasteiger partial charge in [0, 0.05) is 11.8 Å². The number of carbonyl (C=O) groups is 1. The molecule has 0 aromatic heterocycles. The van der Waals surface area contributed by atoms with E-state index in [9.17, 15) is 28.2 Å². The first-order valence-corrected chi connectivity index (χ1v) is 5.85. The molecule has 0 aliphatic carbocycles. The molecule has 0 heterocycles. The van der Waals surface area contributed by atoms with Crippen LogP contribution in [0.4, 0.5) is 18.9 Å². The zero-order chi connectivity index (χ0) is 16.3. The Labute approximate surface area is 122 Å². The fraction of sp³-hybridized carbons (Fsp3) is 0.0714. The van der Waals surface area contributed by atoms with Gasteiger partial charge in [0.1, 0.15) is 5.75 Å². The molecule has 0 aliphatic rings. The summed E-state index contributed by atoms with van der Waals surface area (Å²) in [6, 6.07) is 9.25. The Kier molecular flexibility index (Phi) is 4.11. The normalized spacial score (nSPS) is 11.0. The first kappa shape index (κ1) is 15.5. The number of rotatable bonds is 3. The van der Waals surface area contributed by atoms with Gasteiger partial charge >= 0.3 is 6.36 Å². The Morgan fingerprint density at radius 2 is 1.95 bits per heavy atom. The van der Waals surface area contributed by atoms with Gasteiger partial charge in [-0.05, 0) is 30.3 Å². The van der Waals surface area contributed by atoms with Crippen LogP contribution in [0.5, 0.6) is 17.2 Å². The van der Waals surface area contributed by atoms with Crippen LogP contribution in [0.3, 0.4) is 0 Å². The summed E-state index contributed by atoms with van der Waals surface area (Å²) in [6.45, 7) is 0. The first-order chi connectivity index (χ1) is 10.3. The molecule has 2 aromatic carbocycles. The molecule has 0 aliphatic heterocycles. The smallest absolute Gasteiger partial charge is 0.504 e. The number of phenols is 2. The van der Waals surface area contributed by atoms with E-state index in [1.807, 2.05) is 0 Å². The lowest BCUT2D eigenvalue weighted by molar-refractivity contribution is -0.274. The van der Waals surface area contributed by atoms with Crippen LogP contribution in [0.25, 0.3) is 0 Å². The minimum Gasteiger partial charge on any atom is -0.504 e. The van der Waals surface area contributed by atoms with Crippen LogP contribution in [0, 0.1) is 6.07 Å². The van der Waals surface area contributed by atoms with Gasteiger partial charge in [-0.2, -0.15) is 0 Å². The van der Waals surface area contributed by atoms with Crippen molar-refractivity contribution in [2.24, 2.45) is 0 Å². The minimum atomic E-state index is -4.85. The molecular formula is C14H9F3NO4. The number of benzene rings is 2. The summed E-state index contributed by atoms with van der Waals surface area (Å²) in [6.07, 6.45) is -4.85. The molecule has 5 nitrogen and oxygen atoms in total. The number of hydrogen-bond acceptors (Lipinski definition) is 4. The maximum atomic E-state index is 12.1. The van der Waals surface area contributed by atoms with Crippen LogP contribution in [0.2, 0.25) is 0 Å². The number of alkyl halides is 3. The van der Waals surface area contributed by atoms with Gasteiger partial charge in [0.05, 0.1) is 5.56 Å². The zero-order valence-corrected chi connectivity index (χ0v) is 10.8. The van der Waals surface area contributed by atoms with Crippen molar-refractivity contribution in [2.75, 3.05) is 5.32 Å². The maximum Gasteiger partial charge on any atom is 0.573 e. The van der Waals surface area contributed by atoms with Crippen molar-refractivity contribution in [3.63, 3.8) is 0 Å². The summed E-state index contributed by atoms with van der Waals surface area (Å²) in [7, 11) is 0. The van der Waals surface area contributed by atoms with E-state index < -0.39 is 29.5 Å². The number of carbonyl (C=O) groups excluding carboxylic acids is 1. The number of aromatic hydroxyl groups is 2. The number of ether oxygens (including phenoxy) is 1. The molecule has 2 aromatic rings. The van der Waals surface area contributed by atoms with Crippen LogP contribution in [0.15, 0.2) is 36.4 Å².